The van der Waals surface area contributed by atoms with E-state index in [-0.39, 0.29) is 11.7 Å². The number of nitrogens with zero attached hydrogens (tertiary/aromatic N) is 1. The van der Waals surface area contributed by atoms with Crippen LogP contribution in [0.4, 0.5) is 4.39 Å². The average Bonchev–Trinajstić information content (AvgIpc) is 3.08. The van der Waals surface area contributed by atoms with Gasteiger partial charge in [0.05, 0.1) is 10.6 Å². The van der Waals surface area contributed by atoms with E-state index in [1.165, 1.54) is 24.3 Å². The van der Waals surface area contributed by atoms with Crippen LogP contribution in [0.15, 0.2) is 60.1 Å². The van der Waals surface area contributed by atoms with E-state index < -0.39 is 0 Å². The van der Waals surface area contributed by atoms with Crippen LogP contribution < -0.4 is 5.32 Å². The number of hydrogen-bond acceptors (Lipinski definition) is 3. The van der Waals surface area contributed by atoms with Crippen molar-refractivity contribution in [3.63, 3.8) is 0 Å². The molecule has 0 aliphatic rings. The summed E-state index contributed by atoms with van der Waals surface area (Å²) in [6, 6.07) is 13.3. The van der Waals surface area contributed by atoms with Crippen molar-refractivity contribution in [1.29, 1.82) is 0 Å². The van der Waals surface area contributed by atoms with Gasteiger partial charge in [-0.05, 0) is 53.4 Å². The van der Waals surface area contributed by atoms with E-state index in [4.69, 9.17) is 0 Å². The van der Waals surface area contributed by atoms with Gasteiger partial charge in [0.1, 0.15) is 5.82 Å². The van der Waals surface area contributed by atoms with E-state index in [1.54, 1.807) is 17.5 Å². The fourth-order valence-corrected chi connectivity index (χ4v) is 2.72. The number of rotatable bonds is 4. The molecule has 0 saturated heterocycles. The number of aromatic nitrogens is 1. The molecule has 1 amide bonds. The maximum absolute atomic E-state index is 12.8. The lowest BCUT2D eigenvalue weighted by atomic mass is 10.2. The number of nitrogens with one attached hydrogen (secondary N) is 1. The molecule has 0 bridgehead atoms. The van der Waals surface area contributed by atoms with Crippen LogP contribution in [0.3, 0.4) is 0 Å². The number of carbonyl (C=O) groups excluding carboxylic acids is 1. The molecule has 5 heteroatoms. The van der Waals surface area contributed by atoms with E-state index in [1.807, 2.05) is 29.6 Å². The minimum absolute atomic E-state index is 0.227. The minimum atomic E-state index is -0.355. The van der Waals surface area contributed by atoms with Crippen LogP contribution in [-0.4, -0.2) is 10.9 Å². The number of halogens is 1. The average molecular weight is 312 g/mol. The van der Waals surface area contributed by atoms with Crippen molar-refractivity contribution >= 4 is 17.2 Å². The zero-order chi connectivity index (χ0) is 15.4. The minimum Gasteiger partial charge on any atom is -0.348 e. The highest BCUT2D eigenvalue weighted by atomic mass is 32.1. The molecule has 0 aliphatic carbocycles. The third-order valence-corrected chi connectivity index (χ3v) is 4.05. The standard InChI is InChI=1S/C17H13FN2OS/c18-14-5-3-13(4-6-14)17(21)20-11-12-7-8-19-15(10-12)16-2-1-9-22-16/h1-10H,11H2,(H,20,21). The van der Waals surface area contributed by atoms with Crippen LogP contribution in [0.2, 0.25) is 0 Å². The molecule has 3 rings (SSSR count). The topological polar surface area (TPSA) is 42.0 Å². The number of carbonyl (C=O) groups is 1. The second-order valence-electron chi connectivity index (χ2n) is 4.72. The SMILES string of the molecule is O=C(NCc1ccnc(-c2cccs2)c1)c1ccc(F)cc1. The zero-order valence-electron chi connectivity index (χ0n) is 11.6. The summed E-state index contributed by atoms with van der Waals surface area (Å²) >= 11 is 1.62. The van der Waals surface area contributed by atoms with Gasteiger partial charge in [0, 0.05) is 18.3 Å². The molecule has 2 aromatic heterocycles. The Bertz CT molecular complexity index is 770. The summed E-state index contributed by atoms with van der Waals surface area (Å²) in [6.07, 6.45) is 1.73. The summed E-state index contributed by atoms with van der Waals surface area (Å²) in [5.74, 6) is -0.583. The number of thiophene rings is 1. The van der Waals surface area contributed by atoms with Crippen LogP contribution in [0.5, 0.6) is 0 Å². The van der Waals surface area contributed by atoms with E-state index in [0.717, 1.165) is 16.1 Å². The second-order valence-corrected chi connectivity index (χ2v) is 5.66. The van der Waals surface area contributed by atoms with Crippen molar-refractivity contribution in [3.8, 4) is 10.6 Å². The molecule has 0 spiro atoms. The van der Waals surface area contributed by atoms with Gasteiger partial charge >= 0.3 is 0 Å². The van der Waals surface area contributed by atoms with Crippen molar-refractivity contribution in [3.05, 3.63) is 77.1 Å². The molecule has 0 atom stereocenters. The number of amides is 1. The second kappa shape index (κ2) is 6.49. The third kappa shape index (κ3) is 3.38. The molecule has 3 nitrogen and oxygen atoms in total. The Kier molecular flexibility index (Phi) is 4.25. The number of pyridine rings is 1. The lowest BCUT2D eigenvalue weighted by Gasteiger charge is -2.06. The van der Waals surface area contributed by atoms with Crippen LogP contribution in [-0.2, 0) is 6.54 Å². The van der Waals surface area contributed by atoms with Crippen molar-refractivity contribution in [2.24, 2.45) is 0 Å². The molecule has 0 radical (unpaired) electrons. The first-order valence-electron chi connectivity index (χ1n) is 6.75. The molecule has 2 heterocycles. The van der Waals surface area contributed by atoms with Crippen molar-refractivity contribution in [1.82, 2.24) is 10.3 Å². The Morgan fingerprint density at radius 1 is 1.18 bits per heavy atom. The molecule has 110 valence electrons. The van der Waals surface area contributed by atoms with Crippen LogP contribution in [0.1, 0.15) is 15.9 Å². The Morgan fingerprint density at radius 3 is 2.73 bits per heavy atom. The molecule has 3 aromatic rings. The zero-order valence-corrected chi connectivity index (χ0v) is 12.4. The van der Waals surface area contributed by atoms with Gasteiger partial charge in [-0.15, -0.1) is 11.3 Å². The fraction of sp³-hybridized carbons (Fsp3) is 0.0588. The van der Waals surface area contributed by atoms with Gasteiger partial charge in [-0.3, -0.25) is 9.78 Å². The summed E-state index contributed by atoms with van der Waals surface area (Å²) < 4.78 is 12.8. The molecular formula is C17H13FN2OS. The smallest absolute Gasteiger partial charge is 0.251 e. The molecular weight excluding hydrogens is 299 g/mol. The van der Waals surface area contributed by atoms with Crippen molar-refractivity contribution < 1.29 is 9.18 Å². The molecule has 0 unspecified atom stereocenters. The van der Waals surface area contributed by atoms with E-state index in [0.29, 0.717) is 12.1 Å². The van der Waals surface area contributed by atoms with Crippen LogP contribution in [0.25, 0.3) is 10.6 Å². The Balaban J connectivity index is 1.67. The molecule has 1 aromatic carbocycles. The Hall–Kier alpha value is -2.53. The van der Waals surface area contributed by atoms with Gasteiger partial charge in [0.15, 0.2) is 0 Å². The van der Waals surface area contributed by atoms with Gasteiger partial charge < -0.3 is 5.32 Å². The molecule has 1 N–H and O–H groups in total. The summed E-state index contributed by atoms with van der Waals surface area (Å²) in [5.41, 5.74) is 2.30. The third-order valence-electron chi connectivity index (χ3n) is 3.16. The molecule has 0 saturated carbocycles. The summed E-state index contributed by atoms with van der Waals surface area (Å²) in [4.78, 5) is 17.4. The predicted molar refractivity (Wildman–Crippen MR) is 85.1 cm³/mol. The number of benzene rings is 1. The molecule has 22 heavy (non-hydrogen) atoms. The molecule has 0 fully saturated rings. The van der Waals surface area contributed by atoms with Crippen LogP contribution in [0, 0.1) is 5.82 Å². The maximum Gasteiger partial charge on any atom is 0.251 e. The largest absolute Gasteiger partial charge is 0.348 e. The highest BCUT2D eigenvalue weighted by molar-refractivity contribution is 7.13. The van der Waals surface area contributed by atoms with Crippen molar-refractivity contribution in [2.45, 2.75) is 6.54 Å². The number of hydrogen-bond donors (Lipinski definition) is 1. The normalized spacial score (nSPS) is 10.4. The Labute approximate surface area is 131 Å². The quantitative estimate of drug-likeness (QED) is 0.794. The highest BCUT2D eigenvalue weighted by Gasteiger charge is 2.06. The van der Waals surface area contributed by atoms with E-state index in [2.05, 4.69) is 10.3 Å². The highest BCUT2D eigenvalue weighted by Crippen LogP contribution is 2.22. The fourth-order valence-electron chi connectivity index (χ4n) is 2.03. The van der Waals surface area contributed by atoms with Gasteiger partial charge in [-0.2, -0.15) is 0 Å². The lowest BCUT2D eigenvalue weighted by Crippen LogP contribution is -2.22. The summed E-state index contributed by atoms with van der Waals surface area (Å²) in [7, 11) is 0. The van der Waals surface area contributed by atoms with Gasteiger partial charge in [-0.1, -0.05) is 6.07 Å². The summed E-state index contributed by atoms with van der Waals surface area (Å²) in [6.45, 7) is 0.400. The first kappa shape index (κ1) is 14.4. The predicted octanol–water partition coefficient (Wildman–Crippen LogP) is 3.88. The molecule has 0 aliphatic heterocycles. The summed E-state index contributed by atoms with van der Waals surface area (Å²) in [5, 5.41) is 4.82. The Morgan fingerprint density at radius 2 is 2.00 bits per heavy atom. The lowest BCUT2D eigenvalue weighted by molar-refractivity contribution is 0.0951. The van der Waals surface area contributed by atoms with Crippen molar-refractivity contribution in [2.75, 3.05) is 0 Å². The van der Waals surface area contributed by atoms with Crippen LogP contribution >= 0.6 is 11.3 Å². The maximum atomic E-state index is 12.8. The first-order valence-corrected chi connectivity index (χ1v) is 7.63. The van der Waals surface area contributed by atoms with Gasteiger partial charge in [0.25, 0.3) is 5.91 Å². The first-order chi connectivity index (χ1) is 10.7. The van der Waals surface area contributed by atoms with E-state index >= 15 is 0 Å². The van der Waals surface area contributed by atoms with Gasteiger partial charge in [0.2, 0.25) is 0 Å². The van der Waals surface area contributed by atoms with Gasteiger partial charge in [-0.25, -0.2) is 4.39 Å². The van der Waals surface area contributed by atoms with E-state index in [9.17, 15) is 9.18 Å². The monoisotopic (exact) mass is 312 g/mol.